The van der Waals surface area contributed by atoms with E-state index in [2.05, 4.69) is 0 Å². The van der Waals surface area contributed by atoms with Crippen molar-refractivity contribution < 1.29 is 9.90 Å². The Morgan fingerprint density at radius 1 is 1.33 bits per heavy atom. The molecule has 0 unspecified atom stereocenters. The largest absolute Gasteiger partial charge is 0.478 e. The number of carboxylic acids is 1. The van der Waals surface area contributed by atoms with Gasteiger partial charge in [0.2, 0.25) is 0 Å². The van der Waals surface area contributed by atoms with Crippen LogP contribution in [0.5, 0.6) is 0 Å². The zero-order chi connectivity index (χ0) is 9.56. The second kappa shape index (κ2) is 5.35. The van der Waals surface area contributed by atoms with Gasteiger partial charge in [-0.2, -0.15) is 0 Å². The number of hydrogen-bond donors (Lipinski definition) is 1. The second-order valence-electron chi connectivity index (χ2n) is 2.57. The molecule has 2 heteroatoms. The van der Waals surface area contributed by atoms with E-state index in [0.717, 1.165) is 5.57 Å². The first-order valence-electron chi connectivity index (χ1n) is 3.79. The minimum absolute atomic E-state index is 0.355. The Labute approximate surface area is 72.9 Å². The quantitative estimate of drug-likeness (QED) is 0.516. The maximum Gasteiger partial charge on any atom is 0.331 e. The standard InChI is InChI=1S/C10H14O2/c1-4-5-6-8(2)7-9(3)10(11)12/h4-7H,1-3H3,(H,11,12)/b5-4-,8-6+,9-7+. The smallest absolute Gasteiger partial charge is 0.331 e. The number of carbonyl (C=O) groups is 1. The first kappa shape index (κ1) is 10.7. The predicted molar refractivity (Wildman–Crippen MR) is 50.0 cm³/mol. The lowest BCUT2D eigenvalue weighted by Crippen LogP contribution is -1.95. The van der Waals surface area contributed by atoms with E-state index in [0.29, 0.717) is 5.57 Å². The van der Waals surface area contributed by atoms with Gasteiger partial charge in [-0.25, -0.2) is 4.79 Å². The maximum atomic E-state index is 10.4. The third-order valence-electron chi connectivity index (χ3n) is 1.33. The Kier molecular flexibility index (Phi) is 4.77. The summed E-state index contributed by atoms with van der Waals surface area (Å²) >= 11 is 0. The Balaban J connectivity index is 4.42. The third-order valence-corrected chi connectivity index (χ3v) is 1.33. The van der Waals surface area contributed by atoms with Gasteiger partial charge < -0.3 is 5.11 Å². The number of allylic oxidation sites excluding steroid dienone is 5. The van der Waals surface area contributed by atoms with E-state index in [1.165, 1.54) is 0 Å². The van der Waals surface area contributed by atoms with Crippen LogP contribution in [0.15, 0.2) is 35.5 Å². The summed E-state index contributed by atoms with van der Waals surface area (Å²) in [5.74, 6) is -0.872. The Morgan fingerprint density at radius 2 is 1.92 bits per heavy atom. The molecule has 0 heterocycles. The van der Waals surface area contributed by atoms with E-state index < -0.39 is 5.97 Å². The summed E-state index contributed by atoms with van der Waals surface area (Å²) in [4.78, 5) is 10.4. The zero-order valence-electron chi connectivity index (χ0n) is 7.66. The lowest BCUT2D eigenvalue weighted by atomic mass is 10.2. The molecule has 66 valence electrons. The van der Waals surface area contributed by atoms with Crippen molar-refractivity contribution in [2.45, 2.75) is 20.8 Å². The van der Waals surface area contributed by atoms with Crippen molar-refractivity contribution in [1.82, 2.24) is 0 Å². The van der Waals surface area contributed by atoms with Crippen LogP contribution >= 0.6 is 0 Å². The topological polar surface area (TPSA) is 37.3 Å². The summed E-state index contributed by atoms with van der Waals surface area (Å²) in [6.45, 7) is 5.36. The van der Waals surface area contributed by atoms with Gasteiger partial charge in [-0.15, -0.1) is 0 Å². The molecular weight excluding hydrogens is 152 g/mol. The van der Waals surface area contributed by atoms with Crippen molar-refractivity contribution in [3.8, 4) is 0 Å². The number of hydrogen-bond acceptors (Lipinski definition) is 1. The summed E-state index contributed by atoms with van der Waals surface area (Å²) in [7, 11) is 0. The lowest BCUT2D eigenvalue weighted by molar-refractivity contribution is -0.132. The number of rotatable bonds is 3. The summed E-state index contributed by atoms with van der Waals surface area (Å²) in [5, 5.41) is 8.54. The fourth-order valence-corrected chi connectivity index (χ4v) is 0.699. The molecule has 0 bridgehead atoms. The number of carboxylic acid groups (broad SMARTS) is 1. The van der Waals surface area contributed by atoms with E-state index in [4.69, 9.17) is 5.11 Å². The van der Waals surface area contributed by atoms with Crippen LogP contribution in [0.3, 0.4) is 0 Å². The van der Waals surface area contributed by atoms with Gasteiger partial charge in [0.1, 0.15) is 0 Å². The first-order chi connectivity index (χ1) is 5.57. The summed E-state index contributed by atoms with van der Waals surface area (Å²) in [5.41, 5.74) is 1.29. The van der Waals surface area contributed by atoms with E-state index in [9.17, 15) is 4.79 Å². The fourth-order valence-electron chi connectivity index (χ4n) is 0.699. The fraction of sp³-hybridized carbons (Fsp3) is 0.300. The molecule has 0 aliphatic heterocycles. The molecule has 1 N–H and O–H groups in total. The average molecular weight is 166 g/mol. The molecule has 0 amide bonds. The summed E-state index contributed by atoms with van der Waals surface area (Å²) in [6.07, 6.45) is 7.28. The number of aliphatic carboxylic acids is 1. The van der Waals surface area contributed by atoms with Crippen LogP contribution in [0, 0.1) is 0 Å². The molecule has 0 saturated carbocycles. The average Bonchev–Trinajstić information content (AvgIpc) is 2.00. The Bertz CT molecular complexity index is 245. The van der Waals surface area contributed by atoms with Gasteiger partial charge in [0.25, 0.3) is 0 Å². The SMILES string of the molecule is C\C=C/C=C(C)/C=C(\C)C(=O)O. The highest BCUT2D eigenvalue weighted by Gasteiger charge is 1.97. The van der Waals surface area contributed by atoms with Crippen molar-refractivity contribution in [2.75, 3.05) is 0 Å². The van der Waals surface area contributed by atoms with Crippen molar-refractivity contribution in [1.29, 1.82) is 0 Å². The van der Waals surface area contributed by atoms with E-state index >= 15 is 0 Å². The minimum atomic E-state index is -0.872. The van der Waals surface area contributed by atoms with Gasteiger partial charge >= 0.3 is 5.97 Å². The molecule has 0 aliphatic carbocycles. The van der Waals surface area contributed by atoms with Crippen LogP contribution in [-0.4, -0.2) is 11.1 Å². The second-order valence-corrected chi connectivity index (χ2v) is 2.57. The molecule has 0 aromatic heterocycles. The molecule has 0 aromatic carbocycles. The van der Waals surface area contributed by atoms with Crippen molar-refractivity contribution in [2.24, 2.45) is 0 Å². The van der Waals surface area contributed by atoms with Gasteiger partial charge in [-0.1, -0.05) is 23.8 Å². The first-order valence-corrected chi connectivity index (χ1v) is 3.79. The van der Waals surface area contributed by atoms with Crippen molar-refractivity contribution in [3.63, 3.8) is 0 Å². The molecule has 2 nitrogen and oxygen atoms in total. The third kappa shape index (κ3) is 4.50. The van der Waals surface area contributed by atoms with Gasteiger partial charge in [0, 0.05) is 5.57 Å². The van der Waals surface area contributed by atoms with E-state index in [1.54, 1.807) is 13.0 Å². The van der Waals surface area contributed by atoms with Crippen LogP contribution in [-0.2, 0) is 4.79 Å². The predicted octanol–water partition coefficient (Wildman–Crippen LogP) is 2.54. The monoisotopic (exact) mass is 166 g/mol. The van der Waals surface area contributed by atoms with Crippen LogP contribution in [0.4, 0.5) is 0 Å². The van der Waals surface area contributed by atoms with Crippen LogP contribution in [0.2, 0.25) is 0 Å². The molecule has 0 spiro atoms. The van der Waals surface area contributed by atoms with Crippen molar-refractivity contribution in [3.05, 3.63) is 35.5 Å². The van der Waals surface area contributed by atoms with Crippen LogP contribution < -0.4 is 0 Å². The molecular formula is C10H14O2. The zero-order valence-corrected chi connectivity index (χ0v) is 7.66. The van der Waals surface area contributed by atoms with Gasteiger partial charge in [-0.05, 0) is 26.8 Å². The molecule has 0 fully saturated rings. The molecule has 0 aromatic rings. The minimum Gasteiger partial charge on any atom is -0.478 e. The lowest BCUT2D eigenvalue weighted by Gasteiger charge is -1.92. The van der Waals surface area contributed by atoms with Crippen LogP contribution in [0.1, 0.15) is 20.8 Å². The van der Waals surface area contributed by atoms with Gasteiger partial charge in [0.15, 0.2) is 0 Å². The summed E-state index contributed by atoms with van der Waals surface area (Å²) < 4.78 is 0. The van der Waals surface area contributed by atoms with Crippen molar-refractivity contribution >= 4 is 5.97 Å². The molecule has 0 saturated heterocycles. The molecule has 0 radical (unpaired) electrons. The Morgan fingerprint density at radius 3 is 2.33 bits per heavy atom. The highest BCUT2D eigenvalue weighted by atomic mass is 16.4. The van der Waals surface area contributed by atoms with Gasteiger partial charge in [-0.3, -0.25) is 0 Å². The Hall–Kier alpha value is -1.31. The van der Waals surface area contributed by atoms with E-state index in [1.807, 2.05) is 32.1 Å². The molecule has 0 rings (SSSR count). The molecule has 0 aliphatic rings. The highest BCUT2D eigenvalue weighted by Crippen LogP contribution is 2.01. The normalized spacial score (nSPS) is 13.9. The maximum absolute atomic E-state index is 10.4. The van der Waals surface area contributed by atoms with Gasteiger partial charge in [0.05, 0.1) is 0 Å². The van der Waals surface area contributed by atoms with Crippen LogP contribution in [0.25, 0.3) is 0 Å². The molecule has 12 heavy (non-hydrogen) atoms. The summed E-state index contributed by atoms with van der Waals surface area (Å²) in [6, 6.07) is 0. The highest BCUT2D eigenvalue weighted by molar-refractivity contribution is 5.86. The van der Waals surface area contributed by atoms with E-state index in [-0.39, 0.29) is 0 Å². The molecule has 0 atom stereocenters.